The monoisotopic (exact) mass is 1160 g/mol. The maximum absolute atomic E-state index is 13.8. The maximum Gasteiger partial charge on any atom is 0.416 e. The molecule has 2 atom stereocenters. The summed E-state index contributed by atoms with van der Waals surface area (Å²) in [5, 5.41) is 20.9. The van der Waals surface area contributed by atoms with Crippen molar-refractivity contribution in [3.63, 3.8) is 0 Å². The van der Waals surface area contributed by atoms with Gasteiger partial charge in [0.05, 0.1) is 59.0 Å². The quantitative estimate of drug-likeness (QED) is 0.0463. The third-order valence-corrected chi connectivity index (χ3v) is 17.2. The van der Waals surface area contributed by atoms with Gasteiger partial charge in [0.2, 0.25) is 23.6 Å². The van der Waals surface area contributed by atoms with E-state index in [1.807, 2.05) is 12.1 Å². The van der Waals surface area contributed by atoms with Crippen molar-refractivity contribution >= 4 is 50.1 Å². The third-order valence-electron chi connectivity index (χ3n) is 15.0. The van der Waals surface area contributed by atoms with Crippen molar-refractivity contribution in [3.05, 3.63) is 137 Å². The Bertz CT molecular complexity index is 3370. The van der Waals surface area contributed by atoms with Gasteiger partial charge in [0, 0.05) is 80.7 Å². The van der Waals surface area contributed by atoms with E-state index in [9.17, 15) is 46.0 Å². The molecule has 3 aliphatic rings. The highest BCUT2D eigenvalue weighted by molar-refractivity contribution is 7.93. The highest BCUT2D eigenvalue weighted by atomic mass is 32.2. The van der Waals surface area contributed by atoms with E-state index in [4.69, 9.17) is 14.2 Å². The van der Waals surface area contributed by atoms with Crippen molar-refractivity contribution in [2.24, 2.45) is 11.8 Å². The molecule has 1 aliphatic heterocycles. The molecule has 0 radical (unpaired) electrons. The number of ether oxygens (including phenoxy) is 3. The number of hydrogen-bond donors (Lipinski definition) is 4. The summed E-state index contributed by atoms with van der Waals surface area (Å²) in [6.45, 7) is 1.24. The molecule has 82 heavy (non-hydrogen) atoms. The zero-order chi connectivity index (χ0) is 57.8. The first kappa shape index (κ1) is 58.9. The molecule has 3 aromatic heterocycles. The number of likely N-dealkylation sites (tertiary alicyclic amines) is 1. The predicted octanol–water partition coefficient (Wildman–Crippen LogP) is 9.50. The molecule has 18 nitrogen and oxygen atoms in total. The number of nitrogens with zero attached hydrogens (tertiary/aromatic N) is 5. The molecule has 4 N–H and O–H groups in total. The Labute approximate surface area is 477 Å². The number of benzene rings is 3. The summed E-state index contributed by atoms with van der Waals surface area (Å²) in [5.41, 5.74) is 2.03. The van der Waals surface area contributed by atoms with Crippen LogP contribution in [-0.4, -0.2) is 97.0 Å². The lowest BCUT2D eigenvalue weighted by atomic mass is 9.85. The minimum atomic E-state index is -4.58. The number of nitrogens with one attached hydrogen (secondary N) is 4. The molecule has 4 amide bonds. The van der Waals surface area contributed by atoms with Gasteiger partial charge in [-0.1, -0.05) is 24.3 Å². The van der Waals surface area contributed by atoms with E-state index < -0.39 is 27.7 Å². The van der Waals surface area contributed by atoms with Gasteiger partial charge in [0.1, 0.15) is 17.6 Å². The first-order chi connectivity index (χ1) is 39.5. The molecule has 430 valence electrons. The van der Waals surface area contributed by atoms with Gasteiger partial charge >= 0.3 is 6.18 Å². The maximum atomic E-state index is 13.8. The van der Waals surface area contributed by atoms with Crippen LogP contribution in [0.4, 0.5) is 18.3 Å². The normalized spacial score (nSPS) is 20.1. The van der Waals surface area contributed by atoms with Gasteiger partial charge in [0.15, 0.2) is 5.13 Å². The Hall–Kier alpha value is -7.78. The van der Waals surface area contributed by atoms with E-state index >= 15 is 0 Å². The first-order valence-electron chi connectivity index (χ1n) is 27.2. The predicted molar refractivity (Wildman–Crippen MR) is 298 cm³/mol. The number of amides is 4. The number of alkyl halides is 3. The fraction of sp³-hybridized carbons (Fsp3) is 0.390. The number of thiazole rings is 1. The van der Waals surface area contributed by atoms with Crippen LogP contribution in [0.3, 0.4) is 0 Å². The average Bonchev–Trinajstić information content (AvgIpc) is 4.27. The van der Waals surface area contributed by atoms with E-state index in [1.54, 1.807) is 72.2 Å². The van der Waals surface area contributed by atoms with Crippen LogP contribution in [0.5, 0.6) is 11.5 Å². The van der Waals surface area contributed by atoms with Crippen molar-refractivity contribution < 1.29 is 55.0 Å². The Morgan fingerprint density at radius 1 is 0.805 bits per heavy atom. The van der Waals surface area contributed by atoms with Gasteiger partial charge in [0.25, 0.3) is 10.0 Å². The van der Waals surface area contributed by atoms with Gasteiger partial charge in [-0.05, 0) is 141 Å². The summed E-state index contributed by atoms with van der Waals surface area (Å²) in [4.78, 5) is 66.0. The van der Waals surface area contributed by atoms with Crippen molar-refractivity contribution in [1.82, 2.24) is 35.8 Å². The van der Waals surface area contributed by atoms with Crippen LogP contribution in [0, 0.1) is 23.2 Å². The lowest BCUT2D eigenvalue weighted by Crippen LogP contribution is -2.40. The molecule has 2 aliphatic carbocycles. The van der Waals surface area contributed by atoms with E-state index in [0.29, 0.717) is 80.7 Å². The van der Waals surface area contributed by atoms with Gasteiger partial charge in [-0.2, -0.15) is 18.4 Å². The van der Waals surface area contributed by atoms with Crippen LogP contribution in [0.1, 0.15) is 99.1 Å². The average molecular weight is 1160 g/mol. The third kappa shape index (κ3) is 15.2. The number of rotatable bonds is 22. The lowest BCUT2D eigenvalue weighted by molar-refractivity contribution is -0.137. The number of nitriles is 1. The number of carbonyl (C=O) groups is 4. The van der Waals surface area contributed by atoms with Crippen LogP contribution >= 0.6 is 11.3 Å². The molecule has 3 aromatic carbocycles. The summed E-state index contributed by atoms with van der Waals surface area (Å²) in [5.74, 6) is -1.03. The second-order valence-electron chi connectivity index (χ2n) is 20.6. The number of aromatic nitrogens is 3. The van der Waals surface area contributed by atoms with Gasteiger partial charge < -0.3 is 35.1 Å². The standard InChI is InChI=1S/C59H62F3N9O9S2/c1-71-54(73)33-50(55(71)41-6-3-22-64-35-41)57(75)66-24-27-79-47-16-14-46(15-17-47)78-26-4-8-53(72)69-44-12-9-37(10-13-44)56(74)68-36-45-30-40(21-23-65-45)49-32-39(38-5-2-7-43(29-38)59(60,61)62)11-19-52(49)80-51-20-18-48(31-42(51)34-63)82(76,77)70-58-67-25-28-81-58/h2-3,5-7,11,18-23,25,28-32,35,37,44,46-47,50,55H,4,8-10,12-17,24,26-27,33,36H2,1H3,(H,66,75)(H,67,70)(H,68,74)(H,69,72)/t37?,44?,46?,47?,50-,55+/m0/s1. The number of carbonyl (C=O) groups excluding carboxylic acids is 4. The summed E-state index contributed by atoms with van der Waals surface area (Å²) in [6, 6.07) is 22.1. The summed E-state index contributed by atoms with van der Waals surface area (Å²) in [7, 11) is -2.40. The van der Waals surface area contributed by atoms with Crippen molar-refractivity contribution in [1.29, 1.82) is 5.26 Å². The number of hydrogen-bond acceptors (Lipinski definition) is 14. The molecule has 0 bridgehead atoms. The molecule has 1 saturated heterocycles. The zero-order valence-electron chi connectivity index (χ0n) is 44.9. The van der Waals surface area contributed by atoms with Crippen LogP contribution in [0.2, 0.25) is 0 Å². The van der Waals surface area contributed by atoms with Crippen LogP contribution in [-0.2, 0) is 51.4 Å². The second kappa shape index (κ2) is 26.9. The minimum Gasteiger partial charge on any atom is -0.455 e. The zero-order valence-corrected chi connectivity index (χ0v) is 46.5. The Morgan fingerprint density at radius 2 is 1.56 bits per heavy atom. The SMILES string of the molecule is CN1C(=O)C[C@H](C(=O)NCCOC2CCC(OCCCC(=O)NC3CCC(C(=O)NCc4cc(-c5cc(-c6cccc(C(F)(F)F)c6)ccc5Oc5ccc(S(=O)(=O)Nc6nccs6)cc5C#N)ccn4)CC3)CC2)[C@H]1c1cccnc1. The largest absolute Gasteiger partial charge is 0.455 e. The molecule has 0 unspecified atom stereocenters. The van der Waals surface area contributed by atoms with Crippen LogP contribution in [0.15, 0.2) is 120 Å². The molecule has 0 spiro atoms. The lowest BCUT2D eigenvalue weighted by Gasteiger charge is -2.29. The van der Waals surface area contributed by atoms with Gasteiger partial charge in [-0.15, -0.1) is 11.3 Å². The molecule has 6 aromatic rings. The fourth-order valence-corrected chi connectivity index (χ4v) is 12.5. The van der Waals surface area contributed by atoms with E-state index in [0.717, 1.165) is 54.7 Å². The molecule has 3 fully saturated rings. The smallest absolute Gasteiger partial charge is 0.416 e. The second-order valence-corrected chi connectivity index (χ2v) is 23.1. The highest BCUT2D eigenvalue weighted by Gasteiger charge is 2.43. The Balaban J connectivity index is 0.710. The highest BCUT2D eigenvalue weighted by Crippen LogP contribution is 2.41. The molecular weight excluding hydrogens is 1100 g/mol. The number of sulfonamides is 1. The molecular formula is C59H62F3N9O9S2. The number of anilines is 1. The molecule has 9 rings (SSSR count). The van der Waals surface area contributed by atoms with Crippen molar-refractivity contribution in [2.45, 2.75) is 113 Å². The summed E-state index contributed by atoms with van der Waals surface area (Å²) < 4.78 is 88.5. The molecule has 23 heteroatoms. The number of pyridine rings is 2. The topological polar surface area (TPSA) is 244 Å². The Morgan fingerprint density at radius 3 is 2.28 bits per heavy atom. The van der Waals surface area contributed by atoms with Gasteiger partial charge in [-0.3, -0.25) is 33.9 Å². The van der Waals surface area contributed by atoms with Crippen molar-refractivity contribution in [2.75, 3.05) is 31.5 Å². The van der Waals surface area contributed by atoms with Gasteiger partial charge in [-0.25, -0.2) is 13.4 Å². The minimum absolute atomic E-state index is 0.0200. The van der Waals surface area contributed by atoms with Crippen molar-refractivity contribution in [3.8, 4) is 39.8 Å². The summed E-state index contributed by atoms with van der Waals surface area (Å²) in [6.07, 6.45) is 8.69. The molecule has 4 heterocycles. The molecule has 2 saturated carbocycles. The van der Waals surface area contributed by atoms with E-state index in [2.05, 4.69) is 35.6 Å². The number of halogens is 3. The first-order valence-corrected chi connectivity index (χ1v) is 29.5. The fourth-order valence-electron chi connectivity index (χ4n) is 10.7. The van der Waals surface area contributed by atoms with E-state index in [-0.39, 0.29) is 99.5 Å². The van der Waals surface area contributed by atoms with Crippen LogP contribution in [0.25, 0.3) is 22.3 Å². The van der Waals surface area contributed by atoms with Crippen LogP contribution < -0.4 is 25.4 Å². The summed E-state index contributed by atoms with van der Waals surface area (Å²) >= 11 is 1.08. The Kier molecular flexibility index (Phi) is 19.3. The van der Waals surface area contributed by atoms with E-state index in [1.165, 1.54) is 36.7 Å².